The van der Waals surface area contributed by atoms with E-state index in [9.17, 15) is 4.79 Å². The molecule has 1 amide bonds. The Bertz CT molecular complexity index is 927. The second-order valence-electron chi connectivity index (χ2n) is 7.10. The van der Waals surface area contributed by atoms with Crippen molar-refractivity contribution in [2.45, 2.75) is 6.42 Å². The smallest absolute Gasteiger partial charge is 0.252 e. The van der Waals surface area contributed by atoms with E-state index < -0.39 is 0 Å². The zero-order chi connectivity index (χ0) is 17.5. The van der Waals surface area contributed by atoms with Crippen LogP contribution in [-0.2, 0) is 0 Å². The predicted octanol–water partition coefficient (Wildman–Crippen LogP) is 1.63. The van der Waals surface area contributed by atoms with Crippen LogP contribution in [0.1, 0.15) is 16.8 Å². The molecule has 0 radical (unpaired) electrons. The fourth-order valence-electron chi connectivity index (χ4n) is 4.20. The third-order valence-electron chi connectivity index (χ3n) is 5.62. The van der Waals surface area contributed by atoms with Gasteiger partial charge in [-0.1, -0.05) is 0 Å². The average molecular weight is 348 g/mol. The molecule has 7 heteroatoms. The largest absolute Gasteiger partial charge is 0.352 e. The second-order valence-corrected chi connectivity index (χ2v) is 7.10. The zero-order valence-electron chi connectivity index (χ0n) is 14.3. The topological polar surface area (TPSA) is 75.4 Å². The number of hydrogen-bond acceptors (Lipinski definition) is 5. The van der Waals surface area contributed by atoms with Gasteiger partial charge in [0.1, 0.15) is 5.65 Å². The number of fused-ring (bicyclic) bond motifs is 2. The van der Waals surface area contributed by atoms with Crippen LogP contribution in [0.25, 0.3) is 5.65 Å². The molecule has 1 saturated carbocycles. The van der Waals surface area contributed by atoms with Gasteiger partial charge in [-0.2, -0.15) is 0 Å². The number of rotatable bonds is 5. The molecule has 26 heavy (non-hydrogen) atoms. The number of aromatic nitrogens is 4. The predicted molar refractivity (Wildman–Crippen MR) is 96.9 cm³/mol. The fourth-order valence-corrected chi connectivity index (χ4v) is 4.20. The van der Waals surface area contributed by atoms with Crippen molar-refractivity contribution < 1.29 is 4.79 Å². The van der Waals surface area contributed by atoms with Gasteiger partial charge in [-0.3, -0.25) is 4.79 Å². The van der Waals surface area contributed by atoms with E-state index in [2.05, 4.69) is 25.2 Å². The standard InChI is InChI=1S/C19H20N6O/c26-18(13-2-3-17-20-8-9-24(17)10-13)21-7-4-14-15-11-25(12-16(14)15)19-22-5-1-6-23-19/h1-3,5-6,8-10,14-16H,4,7,11-12H2,(H,21,26). The van der Waals surface area contributed by atoms with Crippen LogP contribution in [0.5, 0.6) is 0 Å². The summed E-state index contributed by atoms with van der Waals surface area (Å²) in [5.74, 6) is 2.97. The Morgan fingerprint density at radius 1 is 1.12 bits per heavy atom. The lowest BCUT2D eigenvalue weighted by Crippen LogP contribution is -2.28. The first kappa shape index (κ1) is 15.3. The maximum atomic E-state index is 12.3. The number of nitrogens with zero attached hydrogens (tertiary/aromatic N) is 5. The fraction of sp³-hybridized carbons (Fsp3) is 0.368. The molecule has 3 aromatic heterocycles. The summed E-state index contributed by atoms with van der Waals surface area (Å²) in [6.45, 7) is 2.79. The molecule has 5 rings (SSSR count). The lowest BCUT2D eigenvalue weighted by Gasteiger charge is -2.19. The highest BCUT2D eigenvalue weighted by Crippen LogP contribution is 2.53. The number of anilines is 1. The Morgan fingerprint density at radius 3 is 2.73 bits per heavy atom. The second kappa shape index (κ2) is 6.09. The molecule has 2 unspecified atom stereocenters. The Balaban J connectivity index is 1.10. The number of nitrogens with one attached hydrogen (secondary N) is 1. The van der Waals surface area contributed by atoms with E-state index in [0.717, 1.165) is 49.5 Å². The lowest BCUT2D eigenvalue weighted by molar-refractivity contribution is 0.0952. The van der Waals surface area contributed by atoms with Crippen molar-refractivity contribution in [2.75, 3.05) is 24.5 Å². The maximum Gasteiger partial charge on any atom is 0.252 e. The molecule has 3 aromatic rings. The van der Waals surface area contributed by atoms with E-state index in [1.807, 2.05) is 35.0 Å². The molecule has 0 spiro atoms. The number of pyridine rings is 1. The van der Waals surface area contributed by atoms with Gasteiger partial charge in [0.2, 0.25) is 5.95 Å². The molecule has 1 saturated heterocycles. The summed E-state index contributed by atoms with van der Waals surface area (Å²) in [7, 11) is 0. The van der Waals surface area contributed by atoms with Gasteiger partial charge in [0.25, 0.3) is 5.91 Å². The van der Waals surface area contributed by atoms with Crippen molar-refractivity contribution in [3.8, 4) is 0 Å². The maximum absolute atomic E-state index is 12.3. The van der Waals surface area contributed by atoms with E-state index in [-0.39, 0.29) is 5.91 Å². The Labute approximate surface area is 151 Å². The molecule has 1 aliphatic carbocycles. The van der Waals surface area contributed by atoms with Crippen molar-refractivity contribution in [3.05, 3.63) is 54.7 Å². The SMILES string of the molecule is O=C(NCCC1C2CN(c3ncccn3)CC12)c1ccc2nccn2c1. The van der Waals surface area contributed by atoms with Crippen LogP contribution in [0.4, 0.5) is 5.95 Å². The molecular formula is C19H20N6O. The summed E-state index contributed by atoms with van der Waals surface area (Å²) in [5.41, 5.74) is 1.51. The van der Waals surface area contributed by atoms with Crippen LogP contribution in [0.2, 0.25) is 0 Å². The monoisotopic (exact) mass is 348 g/mol. The van der Waals surface area contributed by atoms with Crippen LogP contribution in [0.3, 0.4) is 0 Å². The van der Waals surface area contributed by atoms with E-state index >= 15 is 0 Å². The molecule has 1 N–H and O–H groups in total. The molecule has 132 valence electrons. The van der Waals surface area contributed by atoms with Crippen molar-refractivity contribution in [3.63, 3.8) is 0 Å². The number of imidazole rings is 1. The highest BCUT2D eigenvalue weighted by atomic mass is 16.1. The molecule has 2 aliphatic rings. The van der Waals surface area contributed by atoms with Gasteiger partial charge in [-0.25, -0.2) is 15.0 Å². The first-order valence-corrected chi connectivity index (χ1v) is 9.02. The highest BCUT2D eigenvalue weighted by molar-refractivity contribution is 5.94. The van der Waals surface area contributed by atoms with Crippen LogP contribution in [-0.4, -0.2) is 44.9 Å². The number of amides is 1. The van der Waals surface area contributed by atoms with Crippen molar-refractivity contribution in [1.82, 2.24) is 24.7 Å². The van der Waals surface area contributed by atoms with Gasteiger partial charge in [-0.15, -0.1) is 0 Å². The van der Waals surface area contributed by atoms with Crippen LogP contribution in [0, 0.1) is 17.8 Å². The molecular weight excluding hydrogens is 328 g/mol. The normalized spacial score (nSPS) is 23.8. The highest BCUT2D eigenvalue weighted by Gasteiger charge is 2.55. The number of carbonyl (C=O) groups excluding carboxylic acids is 1. The molecule has 4 heterocycles. The molecule has 2 atom stereocenters. The third kappa shape index (κ3) is 2.69. The molecule has 1 aliphatic heterocycles. The Morgan fingerprint density at radius 2 is 1.92 bits per heavy atom. The summed E-state index contributed by atoms with van der Waals surface area (Å²) >= 11 is 0. The summed E-state index contributed by atoms with van der Waals surface area (Å²) in [4.78, 5) is 27.4. The van der Waals surface area contributed by atoms with Gasteiger partial charge in [0.15, 0.2) is 0 Å². The van der Waals surface area contributed by atoms with E-state index in [1.165, 1.54) is 0 Å². The third-order valence-corrected chi connectivity index (χ3v) is 5.62. The van der Waals surface area contributed by atoms with Crippen LogP contribution < -0.4 is 10.2 Å². The summed E-state index contributed by atoms with van der Waals surface area (Å²) in [6.07, 6.45) is 10.0. The van der Waals surface area contributed by atoms with Crippen molar-refractivity contribution in [2.24, 2.45) is 17.8 Å². The molecule has 2 fully saturated rings. The minimum absolute atomic E-state index is 0.0225. The number of carbonyl (C=O) groups is 1. The molecule has 0 aromatic carbocycles. The van der Waals surface area contributed by atoms with E-state index in [4.69, 9.17) is 0 Å². The first-order chi connectivity index (χ1) is 12.8. The Hall–Kier alpha value is -2.96. The average Bonchev–Trinajstić information content (AvgIpc) is 3.07. The number of piperidine rings is 1. The lowest BCUT2D eigenvalue weighted by atomic mass is 10.2. The van der Waals surface area contributed by atoms with Gasteiger partial charge < -0.3 is 14.6 Å². The van der Waals surface area contributed by atoms with Gasteiger partial charge in [-0.05, 0) is 42.4 Å². The Kier molecular flexibility index (Phi) is 3.58. The van der Waals surface area contributed by atoms with Crippen LogP contribution >= 0.6 is 0 Å². The van der Waals surface area contributed by atoms with Crippen LogP contribution in [0.15, 0.2) is 49.2 Å². The van der Waals surface area contributed by atoms with E-state index in [0.29, 0.717) is 11.5 Å². The zero-order valence-corrected chi connectivity index (χ0v) is 14.3. The van der Waals surface area contributed by atoms with Crippen molar-refractivity contribution >= 4 is 17.5 Å². The number of hydrogen-bond donors (Lipinski definition) is 1. The van der Waals surface area contributed by atoms with Gasteiger partial charge in [0.05, 0.1) is 5.56 Å². The minimum Gasteiger partial charge on any atom is -0.352 e. The quantitative estimate of drug-likeness (QED) is 0.758. The molecule has 7 nitrogen and oxygen atoms in total. The summed E-state index contributed by atoms with van der Waals surface area (Å²) in [5, 5.41) is 3.05. The minimum atomic E-state index is -0.0225. The van der Waals surface area contributed by atoms with E-state index in [1.54, 1.807) is 18.6 Å². The van der Waals surface area contributed by atoms with Crippen molar-refractivity contribution in [1.29, 1.82) is 0 Å². The first-order valence-electron chi connectivity index (χ1n) is 9.02. The molecule has 0 bridgehead atoms. The van der Waals surface area contributed by atoms with Gasteiger partial charge >= 0.3 is 0 Å². The summed E-state index contributed by atoms with van der Waals surface area (Å²) < 4.78 is 1.86. The van der Waals surface area contributed by atoms with Gasteiger partial charge in [0, 0.05) is 50.6 Å². The summed E-state index contributed by atoms with van der Waals surface area (Å²) in [6, 6.07) is 5.53.